The van der Waals surface area contributed by atoms with Crippen LogP contribution in [0.2, 0.25) is 0 Å². The lowest BCUT2D eigenvalue weighted by atomic mass is 10.2. The summed E-state index contributed by atoms with van der Waals surface area (Å²) in [7, 11) is 0. The molecule has 2 heterocycles. The predicted molar refractivity (Wildman–Crippen MR) is 84.0 cm³/mol. The van der Waals surface area contributed by atoms with Gasteiger partial charge in [0.15, 0.2) is 0 Å². The summed E-state index contributed by atoms with van der Waals surface area (Å²) in [5.74, 6) is 1.73. The molecular formula is C15H15N3O2S. The van der Waals surface area contributed by atoms with Gasteiger partial charge in [0.05, 0.1) is 12.0 Å². The third-order valence-corrected chi connectivity index (χ3v) is 3.73. The molecule has 0 saturated heterocycles. The molecule has 0 aliphatic carbocycles. The average Bonchev–Trinajstić information content (AvgIpc) is 2.96. The van der Waals surface area contributed by atoms with E-state index in [0.717, 1.165) is 22.3 Å². The van der Waals surface area contributed by atoms with Crippen molar-refractivity contribution in [3.63, 3.8) is 0 Å². The van der Waals surface area contributed by atoms with Crippen LogP contribution in [-0.4, -0.2) is 21.6 Å². The monoisotopic (exact) mass is 301 g/mol. The highest BCUT2D eigenvalue weighted by molar-refractivity contribution is 7.16. The second-order valence-corrected chi connectivity index (χ2v) is 5.32. The van der Waals surface area contributed by atoms with Crippen LogP contribution in [0.25, 0.3) is 10.2 Å². The fourth-order valence-corrected chi connectivity index (χ4v) is 2.72. The van der Waals surface area contributed by atoms with Crippen molar-refractivity contribution < 1.29 is 9.84 Å². The van der Waals surface area contributed by atoms with E-state index in [2.05, 4.69) is 15.3 Å². The Morgan fingerprint density at radius 3 is 3.00 bits per heavy atom. The standard InChI is InChI=1S/C15H15N3O2S/c1-2-16-15-17-13(12-6-7-21-14(12)18-15)20-11-5-3-4-10(8-11)9-19/h3-8,19H,2,9H2,1H3,(H,16,17,18). The van der Waals surface area contributed by atoms with Crippen LogP contribution in [0.1, 0.15) is 12.5 Å². The van der Waals surface area contributed by atoms with Gasteiger partial charge in [-0.3, -0.25) is 0 Å². The lowest BCUT2D eigenvalue weighted by Gasteiger charge is -2.09. The second-order valence-electron chi connectivity index (χ2n) is 4.43. The fraction of sp³-hybridized carbons (Fsp3) is 0.200. The highest BCUT2D eigenvalue weighted by atomic mass is 32.1. The number of aliphatic hydroxyl groups is 1. The molecule has 0 amide bonds. The summed E-state index contributed by atoms with van der Waals surface area (Å²) in [5.41, 5.74) is 0.801. The van der Waals surface area contributed by atoms with E-state index in [1.54, 1.807) is 17.4 Å². The zero-order valence-corrected chi connectivity index (χ0v) is 12.4. The topological polar surface area (TPSA) is 67.3 Å². The van der Waals surface area contributed by atoms with Crippen molar-refractivity contribution >= 4 is 27.5 Å². The molecule has 2 N–H and O–H groups in total. The smallest absolute Gasteiger partial charge is 0.232 e. The quantitative estimate of drug-likeness (QED) is 0.756. The maximum absolute atomic E-state index is 9.19. The van der Waals surface area contributed by atoms with E-state index in [0.29, 0.717) is 17.6 Å². The first-order valence-corrected chi connectivity index (χ1v) is 7.55. The van der Waals surface area contributed by atoms with Gasteiger partial charge in [-0.05, 0) is 36.1 Å². The van der Waals surface area contributed by atoms with Crippen LogP contribution in [0, 0.1) is 0 Å². The summed E-state index contributed by atoms with van der Waals surface area (Å²) in [6.07, 6.45) is 0. The fourth-order valence-electron chi connectivity index (χ4n) is 1.96. The summed E-state index contributed by atoms with van der Waals surface area (Å²) < 4.78 is 5.88. The van der Waals surface area contributed by atoms with Crippen molar-refractivity contribution in [2.24, 2.45) is 0 Å². The minimum absolute atomic E-state index is 0.0164. The largest absolute Gasteiger partial charge is 0.438 e. The number of ether oxygens (including phenoxy) is 1. The lowest BCUT2D eigenvalue weighted by molar-refractivity contribution is 0.281. The summed E-state index contributed by atoms with van der Waals surface area (Å²) in [6, 6.07) is 9.27. The molecule has 0 aliphatic rings. The number of rotatable bonds is 5. The third kappa shape index (κ3) is 2.96. The molecule has 5 nitrogen and oxygen atoms in total. The second kappa shape index (κ2) is 6.07. The molecule has 3 rings (SSSR count). The number of hydrogen-bond acceptors (Lipinski definition) is 6. The Hall–Kier alpha value is -2.18. The number of fused-ring (bicyclic) bond motifs is 1. The normalized spacial score (nSPS) is 10.8. The molecule has 0 saturated carbocycles. The maximum Gasteiger partial charge on any atom is 0.232 e. The van der Waals surface area contributed by atoms with Gasteiger partial charge in [0.1, 0.15) is 10.6 Å². The molecule has 0 atom stereocenters. The van der Waals surface area contributed by atoms with Crippen LogP contribution in [-0.2, 0) is 6.61 Å². The minimum atomic E-state index is -0.0164. The van der Waals surface area contributed by atoms with E-state index in [1.165, 1.54) is 0 Å². The first-order chi connectivity index (χ1) is 10.3. The van der Waals surface area contributed by atoms with E-state index >= 15 is 0 Å². The first kappa shape index (κ1) is 13.8. The minimum Gasteiger partial charge on any atom is -0.438 e. The Morgan fingerprint density at radius 2 is 2.19 bits per heavy atom. The molecule has 21 heavy (non-hydrogen) atoms. The third-order valence-electron chi connectivity index (χ3n) is 2.92. The van der Waals surface area contributed by atoms with Gasteiger partial charge in [-0.25, -0.2) is 4.98 Å². The van der Waals surface area contributed by atoms with Crippen molar-refractivity contribution in [1.29, 1.82) is 0 Å². The van der Waals surface area contributed by atoms with Crippen molar-refractivity contribution in [3.05, 3.63) is 41.3 Å². The van der Waals surface area contributed by atoms with Gasteiger partial charge in [0.25, 0.3) is 0 Å². The van der Waals surface area contributed by atoms with Gasteiger partial charge in [-0.15, -0.1) is 11.3 Å². The van der Waals surface area contributed by atoms with Gasteiger partial charge in [0, 0.05) is 6.54 Å². The Kier molecular flexibility index (Phi) is 3.98. The molecule has 0 radical (unpaired) electrons. The average molecular weight is 301 g/mol. The van der Waals surface area contributed by atoms with Crippen LogP contribution in [0.5, 0.6) is 11.6 Å². The summed E-state index contributed by atoms with van der Waals surface area (Å²) in [6.45, 7) is 2.72. The highest BCUT2D eigenvalue weighted by Gasteiger charge is 2.11. The molecule has 0 unspecified atom stereocenters. The zero-order chi connectivity index (χ0) is 14.7. The number of thiophene rings is 1. The van der Waals surface area contributed by atoms with E-state index < -0.39 is 0 Å². The SMILES string of the molecule is CCNc1nc(Oc2cccc(CO)c2)c2ccsc2n1. The number of anilines is 1. The predicted octanol–water partition coefficient (Wildman–Crippen LogP) is 3.41. The van der Waals surface area contributed by atoms with Crippen molar-refractivity contribution in [3.8, 4) is 11.6 Å². The number of aromatic nitrogens is 2. The highest BCUT2D eigenvalue weighted by Crippen LogP contribution is 2.31. The van der Waals surface area contributed by atoms with Crippen molar-refractivity contribution in [1.82, 2.24) is 9.97 Å². The number of nitrogens with one attached hydrogen (secondary N) is 1. The Labute approximate surface area is 126 Å². The van der Waals surface area contributed by atoms with Gasteiger partial charge < -0.3 is 15.2 Å². The Balaban J connectivity index is 1.99. The number of benzene rings is 1. The molecule has 3 aromatic rings. The molecule has 0 spiro atoms. The molecular weight excluding hydrogens is 286 g/mol. The van der Waals surface area contributed by atoms with Crippen LogP contribution in [0.15, 0.2) is 35.7 Å². The van der Waals surface area contributed by atoms with E-state index in [-0.39, 0.29) is 6.61 Å². The lowest BCUT2D eigenvalue weighted by Crippen LogP contribution is -2.03. The van der Waals surface area contributed by atoms with E-state index in [4.69, 9.17) is 4.74 Å². The van der Waals surface area contributed by atoms with Crippen molar-refractivity contribution in [2.75, 3.05) is 11.9 Å². The van der Waals surface area contributed by atoms with Crippen LogP contribution < -0.4 is 10.1 Å². The maximum atomic E-state index is 9.19. The Morgan fingerprint density at radius 1 is 1.29 bits per heavy atom. The van der Waals surface area contributed by atoms with Crippen LogP contribution >= 0.6 is 11.3 Å². The number of nitrogens with zero attached hydrogens (tertiary/aromatic N) is 2. The van der Waals surface area contributed by atoms with Crippen LogP contribution in [0.3, 0.4) is 0 Å². The van der Waals surface area contributed by atoms with Gasteiger partial charge in [-0.2, -0.15) is 4.98 Å². The Bertz CT molecular complexity index is 758. The summed E-state index contributed by atoms with van der Waals surface area (Å²) in [4.78, 5) is 9.73. The molecule has 0 aliphatic heterocycles. The summed E-state index contributed by atoms with van der Waals surface area (Å²) in [5, 5.41) is 15.1. The zero-order valence-electron chi connectivity index (χ0n) is 11.5. The van der Waals surface area contributed by atoms with E-state index in [1.807, 2.05) is 36.6 Å². The van der Waals surface area contributed by atoms with Gasteiger partial charge >= 0.3 is 0 Å². The van der Waals surface area contributed by atoms with Crippen molar-refractivity contribution in [2.45, 2.75) is 13.5 Å². The van der Waals surface area contributed by atoms with Gasteiger partial charge in [-0.1, -0.05) is 12.1 Å². The van der Waals surface area contributed by atoms with Gasteiger partial charge in [0.2, 0.25) is 11.8 Å². The molecule has 108 valence electrons. The molecule has 0 fully saturated rings. The number of hydrogen-bond donors (Lipinski definition) is 2. The molecule has 0 bridgehead atoms. The molecule has 2 aromatic heterocycles. The number of aliphatic hydroxyl groups excluding tert-OH is 1. The molecule has 6 heteroatoms. The first-order valence-electron chi connectivity index (χ1n) is 6.67. The molecule has 1 aromatic carbocycles. The summed E-state index contributed by atoms with van der Waals surface area (Å²) >= 11 is 1.55. The van der Waals surface area contributed by atoms with Crippen LogP contribution in [0.4, 0.5) is 5.95 Å². The van der Waals surface area contributed by atoms with E-state index in [9.17, 15) is 5.11 Å².